The molecule has 2 N–H and O–H groups in total. The Hall–Kier alpha value is -2.97. The van der Waals surface area contributed by atoms with E-state index in [4.69, 9.17) is 4.98 Å². The molecule has 1 aromatic heterocycles. The number of aliphatic carboxylic acids is 1. The van der Waals surface area contributed by atoms with Gasteiger partial charge >= 0.3 is 5.97 Å². The average Bonchev–Trinajstić information content (AvgIpc) is 3.18. The summed E-state index contributed by atoms with van der Waals surface area (Å²) in [7, 11) is 0. The van der Waals surface area contributed by atoms with Crippen LogP contribution in [0.1, 0.15) is 75.9 Å². The number of allylic oxidation sites excluding steroid dienone is 2. The van der Waals surface area contributed by atoms with Crippen LogP contribution in [0.3, 0.4) is 0 Å². The van der Waals surface area contributed by atoms with Crippen molar-refractivity contribution < 1.29 is 15.0 Å². The van der Waals surface area contributed by atoms with Gasteiger partial charge in [0.25, 0.3) is 5.56 Å². The fourth-order valence-corrected chi connectivity index (χ4v) is 8.74. The summed E-state index contributed by atoms with van der Waals surface area (Å²) in [6.07, 6.45) is 16.4. The Morgan fingerprint density at radius 3 is 2.36 bits per heavy atom. The van der Waals surface area contributed by atoms with E-state index >= 15 is 0 Å². The minimum absolute atomic E-state index is 0.0681. The predicted octanol–water partition coefficient (Wildman–Crippen LogP) is 4.15. The molecule has 2 saturated carbocycles. The lowest BCUT2D eigenvalue weighted by atomic mass is 9.69. The first-order valence-electron chi connectivity index (χ1n) is 14.8. The molecule has 2 aromatic rings. The lowest BCUT2D eigenvalue weighted by molar-refractivity contribution is -0.139. The summed E-state index contributed by atoms with van der Waals surface area (Å²) in [6.45, 7) is -0.419. The smallest absolute Gasteiger partial charge is 0.323 e. The molecule has 8 nitrogen and oxygen atoms in total. The first kappa shape index (κ1) is 25.0. The quantitative estimate of drug-likeness (QED) is 0.599. The van der Waals surface area contributed by atoms with Crippen molar-refractivity contribution in [3.8, 4) is 0 Å². The van der Waals surface area contributed by atoms with Gasteiger partial charge in [0.15, 0.2) is 5.69 Å². The number of aliphatic hydroxyl groups is 1. The van der Waals surface area contributed by atoms with Crippen molar-refractivity contribution in [2.45, 2.75) is 94.6 Å². The van der Waals surface area contributed by atoms with Gasteiger partial charge in [0, 0.05) is 24.2 Å². The molecule has 0 amide bonds. The van der Waals surface area contributed by atoms with E-state index in [1.54, 1.807) is 12.2 Å². The van der Waals surface area contributed by atoms with E-state index in [2.05, 4.69) is 4.90 Å². The standard InChI is InChI=1S/C31H38N4O4/c36-28-10-4-9-27(33(28)18-29(37)38)30-31(39)35(26-8-2-1-7-25(26)32-30)24-16-21-11-12-22(17-24)34(21)23-14-19-5-3-6-20(13-19)15-23/h1-2,4,7-10,19-24,28,36H,3,5-6,11-18H2,(H,37,38)/t19-,20+,21-,22+,23?,24?,28?. The Morgan fingerprint density at radius 2 is 1.64 bits per heavy atom. The summed E-state index contributed by atoms with van der Waals surface area (Å²) in [5.74, 6) is 0.721. The number of hydrogen-bond donors (Lipinski definition) is 2. The van der Waals surface area contributed by atoms with Crippen LogP contribution in [0, 0.1) is 11.8 Å². The van der Waals surface area contributed by atoms with Gasteiger partial charge in [-0.2, -0.15) is 0 Å². The maximum Gasteiger partial charge on any atom is 0.323 e. The molecule has 4 heterocycles. The Kier molecular flexibility index (Phi) is 6.35. The molecule has 2 aliphatic carbocycles. The molecule has 7 atom stereocenters. The fraction of sp³-hybridized carbons (Fsp3) is 0.581. The van der Waals surface area contributed by atoms with Crippen molar-refractivity contribution in [3.63, 3.8) is 0 Å². The topological polar surface area (TPSA) is 98.9 Å². The summed E-state index contributed by atoms with van der Waals surface area (Å²) in [4.78, 5) is 34.8. The summed E-state index contributed by atoms with van der Waals surface area (Å²) >= 11 is 0. The number of carboxylic acid groups (broad SMARTS) is 1. The van der Waals surface area contributed by atoms with E-state index in [-0.39, 0.29) is 17.3 Å². The molecule has 5 aliphatic rings. The third kappa shape index (κ3) is 4.42. The van der Waals surface area contributed by atoms with Gasteiger partial charge in [-0.05, 0) is 81.1 Å². The van der Waals surface area contributed by atoms with Crippen molar-refractivity contribution in [1.29, 1.82) is 0 Å². The van der Waals surface area contributed by atoms with Crippen LogP contribution in [0.15, 0.2) is 47.3 Å². The molecule has 3 aliphatic heterocycles. The maximum absolute atomic E-state index is 14.2. The van der Waals surface area contributed by atoms with E-state index in [0.29, 0.717) is 29.3 Å². The first-order valence-corrected chi connectivity index (χ1v) is 14.8. The molecule has 0 radical (unpaired) electrons. The van der Waals surface area contributed by atoms with Crippen LogP contribution in [-0.2, 0) is 4.79 Å². The van der Waals surface area contributed by atoms with Crippen molar-refractivity contribution in [2.75, 3.05) is 6.54 Å². The van der Waals surface area contributed by atoms with Gasteiger partial charge < -0.3 is 19.7 Å². The van der Waals surface area contributed by atoms with Gasteiger partial charge in [-0.15, -0.1) is 0 Å². The normalized spacial score (nSPS) is 34.3. The van der Waals surface area contributed by atoms with Gasteiger partial charge in [-0.3, -0.25) is 14.5 Å². The molecular weight excluding hydrogens is 492 g/mol. The monoisotopic (exact) mass is 530 g/mol. The Balaban J connectivity index is 1.24. The molecule has 0 spiro atoms. The third-order valence-corrected chi connectivity index (χ3v) is 10.2. The van der Waals surface area contributed by atoms with Crippen LogP contribution in [-0.4, -0.2) is 66.4 Å². The van der Waals surface area contributed by atoms with Gasteiger partial charge in [0.05, 0.1) is 16.7 Å². The minimum Gasteiger partial charge on any atom is -0.480 e. The van der Waals surface area contributed by atoms with Crippen LogP contribution in [0.4, 0.5) is 0 Å². The maximum atomic E-state index is 14.2. The average molecular weight is 531 g/mol. The Bertz CT molecular complexity index is 1370. The lowest BCUT2D eigenvalue weighted by Gasteiger charge is -2.49. The number of aromatic nitrogens is 2. The van der Waals surface area contributed by atoms with Gasteiger partial charge in [0.1, 0.15) is 12.8 Å². The van der Waals surface area contributed by atoms with Crippen LogP contribution in [0.2, 0.25) is 0 Å². The summed E-state index contributed by atoms with van der Waals surface area (Å²) < 4.78 is 1.94. The molecule has 39 heavy (non-hydrogen) atoms. The molecule has 1 aromatic carbocycles. The van der Waals surface area contributed by atoms with E-state index in [1.807, 2.05) is 28.8 Å². The zero-order valence-corrected chi connectivity index (χ0v) is 22.4. The van der Waals surface area contributed by atoms with Gasteiger partial charge in [-0.25, -0.2) is 4.98 Å². The van der Waals surface area contributed by atoms with Crippen LogP contribution >= 0.6 is 0 Å². The predicted molar refractivity (Wildman–Crippen MR) is 149 cm³/mol. The number of rotatable bonds is 5. The Morgan fingerprint density at radius 1 is 0.923 bits per heavy atom. The second kappa shape index (κ2) is 9.89. The number of para-hydroxylation sites is 2. The molecule has 206 valence electrons. The number of carbonyl (C=O) groups is 1. The number of benzene rings is 1. The van der Waals surface area contributed by atoms with Crippen molar-refractivity contribution in [3.05, 3.63) is 58.5 Å². The molecule has 4 fully saturated rings. The second-order valence-corrected chi connectivity index (χ2v) is 12.5. The number of nitrogens with zero attached hydrogens (tertiary/aromatic N) is 4. The zero-order chi connectivity index (χ0) is 26.7. The Labute approximate surface area is 228 Å². The lowest BCUT2D eigenvalue weighted by Crippen LogP contribution is -2.52. The highest BCUT2D eigenvalue weighted by Gasteiger charge is 2.47. The molecule has 2 saturated heterocycles. The van der Waals surface area contributed by atoms with E-state index in [0.717, 1.165) is 30.2 Å². The highest BCUT2D eigenvalue weighted by Crippen LogP contribution is 2.48. The zero-order valence-electron chi connectivity index (χ0n) is 22.4. The summed E-state index contributed by atoms with van der Waals surface area (Å²) in [5.41, 5.74) is 1.89. The summed E-state index contributed by atoms with van der Waals surface area (Å²) in [6, 6.07) is 9.52. The molecule has 8 heteroatoms. The van der Waals surface area contributed by atoms with Crippen molar-refractivity contribution >= 4 is 22.7 Å². The van der Waals surface area contributed by atoms with Crippen LogP contribution in [0.5, 0.6) is 0 Å². The molecule has 4 bridgehead atoms. The van der Waals surface area contributed by atoms with E-state index in [1.165, 1.54) is 62.3 Å². The van der Waals surface area contributed by atoms with Crippen LogP contribution < -0.4 is 5.56 Å². The molecule has 3 unspecified atom stereocenters. The first-order chi connectivity index (χ1) is 19.0. The number of aliphatic hydroxyl groups excluding tert-OH is 1. The number of piperidine rings is 1. The largest absolute Gasteiger partial charge is 0.480 e. The van der Waals surface area contributed by atoms with Gasteiger partial charge in [0.2, 0.25) is 0 Å². The number of fused-ring (bicyclic) bond motifs is 5. The highest BCUT2D eigenvalue weighted by atomic mass is 16.4. The highest BCUT2D eigenvalue weighted by molar-refractivity contribution is 5.79. The van der Waals surface area contributed by atoms with E-state index < -0.39 is 18.7 Å². The fourth-order valence-electron chi connectivity index (χ4n) is 8.74. The number of hydrogen-bond acceptors (Lipinski definition) is 6. The SMILES string of the molecule is O=C(O)CN1C(c2nc3ccccc3n(C3C[C@H]4CC[C@@H](C3)N4C3C[C@H]4CCC[C@@H](C3)C4)c2=O)=CC=CC1O. The number of carboxylic acids is 1. The molecule has 7 rings (SSSR count). The minimum atomic E-state index is -1.13. The van der Waals surface area contributed by atoms with Gasteiger partial charge in [-0.1, -0.05) is 37.5 Å². The third-order valence-electron chi connectivity index (χ3n) is 10.2. The van der Waals surface area contributed by atoms with Crippen LogP contribution in [0.25, 0.3) is 16.7 Å². The van der Waals surface area contributed by atoms with E-state index in [9.17, 15) is 19.8 Å². The summed E-state index contributed by atoms with van der Waals surface area (Å²) in [5, 5.41) is 20.0. The van der Waals surface area contributed by atoms with Crippen molar-refractivity contribution in [1.82, 2.24) is 19.4 Å². The molecular formula is C31H38N4O4. The van der Waals surface area contributed by atoms with Crippen molar-refractivity contribution in [2.24, 2.45) is 11.8 Å². The second-order valence-electron chi connectivity index (χ2n) is 12.5.